The van der Waals surface area contributed by atoms with Gasteiger partial charge in [-0.1, -0.05) is 53.9 Å². The van der Waals surface area contributed by atoms with Crippen molar-refractivity contribution in [1.29, 1.82) is 0 Å². The van der Waals surface area contributed by atoms with Crippen molar-refractivity contribution in [3.05, 3.63) is 57.0 Å². The van der Waals surface area contributed by atoms with Gasteiger partial charge in [0.15, 0.2) is 0 Å². The number of nitrogens with one attached hydrogen (secondary N) is 1. The Balaban J connectivity index is 2.48. The number of amides is 2. The fourth-order valence-electron chi connectivity index (χ4n) is 3.31. The Labute approximate surface area is 214 Å². The van der Waals surface area contributed by atoms with Gasteiger partial charge in [0.05, 0.1) is 34.1 Å². The van der Waals surface area contributed by atoms with Gasteiger partial charge in [-0.05, 0) is 36.2 Å². The highest BCUT2D eigenvalue weighted by molar-refractivity contribution is 7.92. The van der Waals surface area contributed by atoms with Gasteiger partial charge in [-0.3, -0.25) is 13.9 Å². The van der Waals surface area contributed by atoms with Crippen molar-refractivity contribution in [2.24, 2.45) is 0 Å². The van der Waals surface area contributed by atoms with Gasteiger partial charge in [-0.2, -0.15) is 0 Å². The second kappa shape index (κ2) is 12.0. The summed E-state index contributed by atoms with van der Waals surface area (Å²) in [7, 11) is -0.945. The molecule has 2 amide bonds. The molecule has 0 aliphatic rings. The van der Waals surface area contributed by atoms with Gasteiger partial charge < -0.3 is 15.0 Å². The number of likely N-dealkylation sites (N-methyl/N-ethyl adjacent to an activating group) is 1. The van der Waals surface area contributed by atoms with Crippen molar-refractivity contribution in [3.8, 4) is 5.75 Å². The number of benzene rings is 2. The summed E-state index contributed by atoms with van der Waals surface area (Å²) < 4.78 is 31.3. The maximum absolute atomic E-state index is 13.5. The second-order valence-electron chi connectivity index (χ2n) is 7.40. The van der Waals surface area contributed by atoms with E-state index >= 15 is 0 Å². The Morgan fingerprint density at radius 3 is 2.15 bits per heavy atom. The molecule has 0 saturated carbocycles. The molecule has 0 bridgehead atoms. The highest BCUT2D eigenvalue weighted by Crippen LogP contribution is 2.35. The summed E-state index contributed by atoms with van der Waals surface area (Å²) in [5.41, 5.74) is 0.735. The van der Waals surface area contributed by atoms with Gasteiger partial charge >= 0.3 is 0 Å². The lowest BCUT2D eigenvalue weighted by molar-refractivity contribution is -0.140. The number of rotatable bonds is 10. The van der Waals surface area contributed by atoms with Crippen LogP contribution in [0.25, 0.3) is 0 Å². The van der Waals surface area contributed by atoms with Gasteiger partial charge in [0.2, 0.25) is 21.8 Å². The van der Waals surface area contributed by atoms with Crippen LogP contribution in [0.1, 0.15) is 18.9 Å². The van der Waals surface area contributed by atoms with E-state index in [1.165, 1.54) is 31.2 Å². The SMILES string of the molecule is CC[C@@H](C(=O)NC)N(Cc1ccc(OC)cc1)C(=O)CN(c1cc(Cl)c(Cl)cc1Cl)S(C)(=O)=O. The van der Waals surface area contributed by atoms with Crippen molar-refractivity contribution < 1.29 is 22.7 Å². The fraction of sp³-hybridized carbons (Fsp3) is 0.364. The number of carbonyl (C=O) groups excluding carboxylic acids is 2. The lowest BCUT2D eigenvalue weighted by atomic mass is 10.1. The summed E-state index contributed by atoms with van der Waals surface area (Å²) in [6, 6.07) is 8.75. The molecule has 12 heteroatoms. The number of carbonyl (C=O) groups is 2. The fourth-order valence-corrected chi connectivity index (χ4v) is 4.86. The number of methoxy groups -OCH3 is 1. The number of nitrogens with zero attached hydrogens (tertiary/aromatic N) is 2. The first-order valence-electron chi connectivity index (χ1n) is 10.2. The monoisotopic (exact) mass is 549 g/mol. The van der Waals surface area contributed by atoms with E-state index in [0.29, 0.717) is 12.2 Å². The molecule has 0 aromatic heterocycles. The lowest BCUT2D eigenvalue weighted by Gasteiger charge is -2.32. The van der Waals surface area contributed by atoms with E-state index in [4.69, 9.17) is 39.5 Å². The summed E-state index contributed by atoms with van der Waals surface area (Å²) >= 11 is 18.3. The Morgan fingerprint density at radius 2 is 1.65 bits per heavy atom. The van der Waals surface area contributed by atoms with E-state index in [0.717, 1.165) is 16.1 Å². The number of ether oxygens (including phenoxy) is 1. The minimum Gasteiger partial charge on any atom is -0.497 e. The van der Waals surface area contributed by atoms with Crippen molar-refractivity contribution in [1.82, 2.24) is 10.2 Å². The van der Waals surface area contributed by atoms with Crippen LogP contribution in [0, 0.1) is 0 Å². The van der Waals surface area contributed by atoms with E-state index in [1.807, 2.05) is 0 Å². The molecule has 186 valence electrons. The van der Waals surface area contributed by atoms with Crippen LogP contribution < -0.4 is 14.4 Å². The molecule has 0 fully saturated rings. The molecule has 34 heavy (non-hydrogen) atoms. The topological polar surface area (TPSA) is 96.0 Å². The van der Waals surface area contributed by atoms with E-state index in [2.05, 4.69) is 5.32 Å². The zero-order chi connectivity index (χ0) is 25.6. The van der Waals surface area contributed by atoms with Gasteiger partial charge in [-0.15, -0.1) is 0 Å². The number of hydrogen-bond acceptors (Lipinski definition) is 5. The lowest BCUT2D eigenvalue weighted by Crippen LogP contribution is -2.51. The average molecular weight is 551 g/mol. The molecule has 0 aliphatic heterocycles. The van der Waals surface area contributed by atoms with E-state index in [-0.39, 0.29) is 33.2 Å². The summed E-state index contributed by atoms with van der Waals surface area (Å²) in [5, 5.41) is 2.78. The van der Waals surface area contributed by atoms with Crippen molar-refractivity contribution in [2.75, 3.05) is 31.3 Å². The van der Waals surface area contributed by atoms with Crippen LogP contribution in [0.4, 0.5) is 5.69 Å². The van der Waals surface area contributed by atoms with Gasteiger partial charge in [0.25, 0.3) is 0 Å². The molecule has 0 spiro atoms. The first kappa shape index (κ1) is 28.0. The Hall–Kier alpha value is -2.20. The molecular formula is C22H26Cl3N3O5S. The summed E-state index contributed by atoms with van der Waals surface area (Å²) in [6.45, 7) is 1.24. The van der Waals surface area contributed by atoms with Crippen LogP contribution in [0.15, 0.2) is 36.4 Å². The Bertz CT molecular complexity index is 1140. The van der Waals surface area contributed by atoms with E-state index < -0.39 is 28.5 Å². The van der Waals surface area contributed by atoms with Crippen LogP contribution in [0.5, 0.6) is 5.75 Å². The molecule has 2 aromatic carbocycles. The summed E-state index contributed by atoms with van der Waals surface area (Å²) in [6.07, 6.45) is 1.26. The molecule has 0 saturated heterocycles. The van der Waals surface area contributed by atoms with Crippen molar-refractivity contribution in [3.63, 3.8) is 0 Å². The Morgan fingerprint density at radius 1 is 1.06 bits per heavy atom. The quantitative estimate of drug-likeness (QED) is 0.452. The second-order valence-corrected chi connectivity index (χ2v) is 10.5. The molecule has 2 rings (SSSR count). The van der Waals surface area contributed by atoms with Crippen LogP contribution >= 0.6 is 34.8 Å². The minimum atomic E-state index is -3.96. The third-order valence-electron chi connectivity index (χ3n) is 5.08. The number of sulfonamides is 1. The zero-order valence-electron chi connectivity index (χ0n) is 19.1. The van der Waals surface area contributed by atoms with Gasteiger partial charge in [0.1, 0.15) is 18.3 Å². The molecule has 0 aliphatic carbocycles. The highest BCUT2D eigenvalue weighted by atomic mass is 35.5. The molecule has 2 aromatic rings. The maximum Gasteiger partial charge on any atom is 0.244 e. The van der Waals surface area contributed by atoms with Crippen LogP contribution in [-0.4, -0.2) is 58.1 Å². The summed E-state index contributed by atoms with van der Waals surface area (Å²) in [5.74, 6) is -0.334. The van der Waals surface area contributed by atoms with Gasteiger partial charge in [0, 0.05) is 13.6 Å². The van der Waals surface area contributed by atoms with Crippen LogP contribution in [0.2, 0.25) is 15.1 Å². The maximum atomic E-state index is 13.5. The molecule has 0 radical (unpaired) electrons. The Kier molecular flexibility index (Phi) is 9.87. The minimum absolute atomic E-state index is 0.00399. The van der Waals surface area contributed by atoms with E-state index in [9.17, 15) is 18.0 Å². The summed E-state index contributed by atoms with van der Waals surface area (Å²) in [4.78, 5) is 27.4. The highest BCUT2D eigenvalue weighted by Gasteiger charge is 2.32. The van der Waals surface area contributed by atoms with Crippen LogP contribution in [-0.2, 0) is 26.2 Å². The van der Waals surface area contributed by atoms with E-state index in [1.54, 1.807) is 31.2 Å². The number of anilines is 1. The molecule has 1 N–H and O–H groups in total. The normalized spacial score (nSPS) is 12.1. The molecule has 0 heterocycles. The molecule has 1 atom stereocenters. The first-order valence-corrected chi connectivity index (χ1v) is 13.2. The predicted molar refractivity (Wildman–Crippen MR) is 135 cm³/mol. The molecule has 8 nitrogen and oxygen atoms in total. The molecule has 0 unspecified atom stereocenters. The number of hydrogen-bond donors (Lipinski definition) is 1. The smallest absolute Gasteiger partial charge is 0.244 e. The number of halogens is 3. The van der Waals surface area contributed by atoms with Crippen molar-refractivity contribution >= 4 is 62.3 Å². The average Bonchev–Trinajstić information content (AvgIpc) is 2.79. The van der Waals surface area contributed by atoms with Crippen molar-refractivity contribution in [2.45, 2.75) is 25.9 Å². The van der Waals surface area contributed by atoms with Crippen LogP contribution in [0.3, 0.4) is 0 Å². The first-order chi connectivity index (χ1) is 15.9. The predicted octanol–water partition coefficient (Wildman–Crippen LogP) is 3.97. The third kappa shape index (κ3) is 6.91. The van der Waals surface area contributed by atoms with Gasteiger partial charge in [-0.25, -0.2) is 8.42 Å². The molecular weight excluding hydrogens is 525 g/mol. The largest absolute Gasteiger partial charge is 0.497 e. The third-order valence-corrected chi connectivity index (χ3v) is 7.23. The zero-order valence-corrected chi connectivity index (χ0v) is 22.2. The standard InChI is InChI=1S/C22H26Cl3N3O5S/c1-5-19(22(30)26-2)27(12-14-6-8-15(33-3)9-7-14)21(29)13-28(34(4,31)32)20-11-17(24)16(23)10-18(20)25/h6-11,19H,5,12-13H2,1-4H3,(H,26,30)/t19-/m0/s1.